The van der Waals surface area contributed by atoms with Gasteiger partial charge in [0.25, 0.3) is 0 Å². The monoisotopic (exact) mass is 334 g/mol. The van der Waals surface area contributed by atoms with Crippen LogP contribution in [0.2, 0.25) is 0 Å². The van der Waals surface area contributed by atoms with Gasteiger partial charge in [-0.2, -0.15) is 12.6 Å². The highest BCUT2D eigenvalue weighted by molar-refractivity contribution is 7.80. The molecule has 6 N–H and O–H groups in total. The Morgan fingerprint density at radius 1 is 0.955 bits per heavy atom. The number of rotatable bonds is 8. The Bertz CT molecular complexity index is 443. The molecular formula is C12H22N4O5S. The van der Waals surface area contributed by atoms with E-state index in [1.54, 1.807) is 0 Å². The number of carboxylic acid groups (broad SMARTS) is 1. The van der Waals surface area contributed by atoms with Crippen molar-refractivity contribution in [3.05, 3.63) is 0 Å². The Hall–Kier alpha value is -1.81. The minimum absolute atomic E-state index is 0.0808. The molecule has 0 aliphatic carbocycles. The van der Waals surface area contributed by atoms with Crippen LogP contribution in [-0.2, 0) is 19.2 Å². The first-order valence-corrected chi connectivity index (χ1v) is 7.23. The highest BCUT2D eigenvalue weighted by Gasteiger charge is 2.25. The van der Waals surface area contributed by atoms with Gasteiger partial charge in [0, 0.05) is 5.75 Å². The van der Waals surface area contributed by atoms with E-state index in [1.807, 2.05) is 0 Å². The van der Waals surface area contributed by atoms with Crippen LogP contribution in [-0.4, -0.2) is 58.7 Å². The molecule has 0 saturated carbocycles. The standard InChI is InChI=1S/C12H22N4O5S/c1-5(13)9(17)14-6(2)10(18)15-7(3)11(19)16-8(4-22)12(20)21/h5-8,22H,4,13H2,1-3H3,(H,14,17)(H,15,18)(H,16,19)(H,20,21). The summed E-state index contributed by atoms with van der Waals surface area (Å²) in [5.74, 6) is -3.06. The van der Waals surface area contributed by atoms with Gasteiger partial charge in [-0.15, -0.1) is 0 Å². The summed E-state index contributed by atoms with van der Waals surface area (Å²) >= 11 is 3.82. The molecule has 0 aromatic rings. The zero-order valence-corrected chi connectivity index (χ0v) is 13.5. The summed E-state index contributed by atoms with van der Waals surface area (Å²) < 4.78 is 0. The van der Waals surface area contributed by atoms with E-state index in [0.29, 0.717) is 0 Å². The molecule has 0 radical (unpaired) electrons. The number of thiol groups is 1. The molecule has 0 aromatic heterocycles. The normalized spacial score (nSPS) is 15.9. The summed E-state index contributed by atoms with van der Waals surface area (Å²) in [6.07, 6.45) is 0. The van der Waals surface area contributed by atoms with Gasteiger partial charge in [0.15, 0.2) is 0 Å². The van der Waals surface area contributed by atoms with Crippen molar-refractivity contribution in [3.8, 4) is 0 Å². The lowest BCUT2D eigenvalue weighted by molar-refractivity contribution is -0.141. The molecule has 9 nitrogen and oxygen atoms in total. The third kappa shape index (κ3) is 6.76. The van der Waals surface area contributed by atoms with Crippen LogP contribution in [0.3, 0.4) is 0 Å². The van der Waals surface area contributed by atoms with E-state index in [9.17, 15) is 19.2 Å². The number of carboxylic acids is 1. The molecule has 0 aromatic carbocycles. The smallest absolute Gasteiger partial charge is 0.327 e. The lowest BCUT2D eigenvalue weighted by atomic mass is 10.2. The summed E-state index contributed by atoms with van der Waals surface area (Å²) in [5.41, 5.74) is 5.36. The molecule has 10 heteroatoms. The second kappa shape index (κ2) is 9.26. The zero-order valence-electron chi connectivity index (χ0n) is 12.6. The zero-order chi connectivity index (χ0) is 17.4. The summed E-state index contributed by atoms with van der Waals surface area (Å²) in [6.45, 7) is 4.30. The Labute approximate surface area is 133 Å². The molecule has 0 aliphatic heterocycles. The van der Waals surface area contributed by atoms with Crippen LogP contribution in [0.15, 0.2) is 0 Å². The Balaban J connectivity index is 4.48. The van der Waals surface area contributed by atoms with E-state index >= 15 is 0 Å². The number of amides is 3. The molecule has 0 saturated heterocycles. The number of carbonyl (C=O) groups is 4. The topological polar surface area (TPSA) is 151 Å². The summed E-state index contributed by atoms with van der Waals surface area (Å²) in [5, 5.41) is 15.8. The van der Waals surface area contributed by atoms with Gasteiger partial charge in [0.05, 0.1) is 6.04 Å². The van der Waals surface area contributed by atoms with Crippen LogP contribution in [0.25, 0.3) is 0 Å². The molecular weight excluding hydrogens is 312 g/mol. The fourth-order valence-corrected chi connectivity index (χ4v) is 1.54. The molecule has 126 valence electrons. The van der Waals surface area contributed by atoms with Crippen LogP contribution < -0.4 is 21.7 Å². The van der Waals surface area contributed by atoms with Crippen LogP contribution in [0.4, 0.5) is 0 Å². The minimum atomic E-state index is -1.22. The number of carbonyl (C=O) groups excluding carboxylic acids is 3. The maximum Gasteiger partial charge on any atom is 0.327 e. The first-order chi connectivity index (χ1) is 10.1. The van der Waals surface area contributed by atoms with Crippen LogP contribution >= 0.6 is 12.6 Å². The minimum Gasteiger partial charge on any atom is -0.480 e. The first-order valence-electron chi connectivity index (χ1n) is 6.60. The van der Waals surface area contributed by atoms with Gasteiger partial charge >= 0.3 is 5.97 Å². The summed E-state index contributed by atoms with van der Waals surface area (Å²) in [4.78, 5) is 45.8. The third-order valence-corrected chi connectivity index (χ3v) is 3.08. The van der Waals surface area contributed by atoms with Gasteiger partial charge < -0.3 is 26.8 Å². The second-order valence-corrected chi connectivity index (χ2v) is 5.20. The van der Waals surface area contributed by atoms with Crippen molar-refractivity contribution < 1.29 is 24.3 Å². The molecule has 22 heavy (non-hydrogen) atoms. The van der Waals surface area contributed by atoms with Crippen LogP contribution in [0.5, 0.6) is 0 Å². The highest BCUT2D eigenvalue weighted by atomic mass is 32.1. The lowest BCUT2D eigenvalue weighted by Gasteiger charge is -2.20. The predicted octanol–water partition coefficient (Wildman–Crippen LogP) is -2.16. The van der Waals surface area contributed by atoms with Crippen molar-refractivity contribution in [1.29, 1.82) is 0 Å². The van der Waals surface area contributed by atoms with Crippen molar-refractivity contribution in [2.75, 3.05) is 5.75 Å². The molecule has 0 aliphatic rings. The fourth-order valence-electron chi connectivity index (χ4n) is 1.30. The van der Waals surface area contributed by atoms with Crippen molar-refractivity contribution >= 4 is 36.3 Å². The van der Waals surface area contributed by atoms with E-state index in [1.165, 1.54) is 20.8 Å². The van der Waals surface area contributed by atoms with Crippen LogP contribution in [0, 0.1) is 0 Å². The maximum atomic E-state index is 11.8. The highest BCUT2D eigenvalue weighted by Crippen LogP contribution is 1.93. The lowest BCUT2D eigenvalue weighted by Crippen LogP contribution is -2.55. The van der Waals surface area contributed by atoms with Gasteiger partial charge in [-0.25, -0.2) is 4.79 Å². The number of hydrogen-bond donors (Lipinski definition) is 6. The number of hydrogen-bond acceptors (Lipinski definition) is 6. The van der Waals surface area contributed by atoms with Crippen LogP contribution in [0.1, 0.15) is 20.8 Å². The molecule has 4 unspecified atom stereocenters. The average molecular weight is 334 g/mol. The predicted molar refractivity (Wildman–Crippen MR) is 82.3 cm³/mol. The third-order valence-electron chi connectivity index (χ3n) is 2.71. The van der Waals surface area contributed by atoms with Gasteiger partial charge in [0.1, 0.15) is 18.1 Å². The largest absolute Gasteiger partial charge is 0.480 e. The van der Waals surface area contributed by atoms with E-state index in [0.717, 1.165) is 0 Å². The second-order valence-electron chi connectivity index (χ2n) is 4.83. The van der Waals surface area contributed by atoms with Gasteiger partial charge in [0.2, 0.25) is 17.7 Å². The average Bonchev–Trinajstić information content (AvgIpc) is 2.43. The van der Waals surface area contributed by atoms with E-state index < -0.39 is 47.9 Å². The summed E-state index contributed by atoms with van der Waals surface area (Å²) in [7, 11) is 0. The van der Waals surface area contributed by atoms with Crippen molar-refractivity contribution in [2.24, 2.45) is 5.73 Å². The van der Waals surface area contributed by atoms with Gasteiger partial charge in [-0.05, 0) is 20.8 Å². The van der Waals surface area contributed by atoms with E-state index in [-0.39, 0.29) is 5.75 Å². The molecule has 0 fully saturated rings. The Morgan fingerprint density at radius 3 is 1.73 bits per heavy atom. The SMILES string of the molecule is CC(N)C(=O)NC(C)C(=O)NC(C)C(=O)NC(CS)C(=O)O. The van der Waals surface area contributed by atoms with Gasteiger partial charge in [-0.3, -0.25) is 14.4 Å². The fraction of sp³-hybridized carbons (Fsp3) is 0.667. The Morgan fingerprint density at radius 2 is 1.36 bits per heavy atom. The van der Waals surface area contributed by atoms with E-state index in [2.05, 4.69) is 28.6 Å². The van der Waals surface area contributed by atoms with Gasteiger partial charge in [-0.1, -0.05) is 0 Å². The maximum absolute atomic E-state index is 11.8. The molecule has 0 bridgehead atoms. The number of aliphatic carboxylic acids is 1. The molecule has 0 rings (SSSR count). The van der Waals surface area contributed by atoms with Crippen molar-refractivity contribution in [2.45, 2.75) is 44.9 Å². The van der Waals surface area contributed by atoms with Crippen molar-refractivity contribution in [1.82, 2.24) is 16.0 Å². The van der Waals surface area contributed by atoms with Crippen molar-refractivity contribution in [3.63, 3.8) is 0 Å². The first kappa shape index (κ1) is 20.2. The molecule has 3 amide bonds. The molecule has 0 spiro atoms. The quantitative estimate of drug-likeness (QED) is 0.278. The Kier molecular flexibility index (Phi) is 8.50. The van der Waals surface area contributed by atoms with E-state index in [4.69, 9.17) is 10.8 Å². The number of nitrogens with two attached hydrogens (primary N) is 1. The molecule has 4 atom stereocenters. The summed E-state index contributed by atoms with van der Waals surface area (Å²) in [6, 6.07) is -3.76. The number of nitrogens with one attached hydrogen (secondary N) is 3. The molecule has 0 heterocycles.